The molecule has 1 aliphatic rings. The van der Waals surface area contributed by atoms with Crippen molar-refractivity contribution < 1.29 is 9.90 Å². The van der Waals surface area contributed by atoms with Gasteiger partial charge in [0.1, 0.15) is 11.4 Å². The monoisotopic (exact) mass is 397 g/mol. The second kappa shape index (κ2) is 7.34. The third kappa shape index (κ3) is 3.66. The van der Waals surface area contributed by atoms with E-state index < -0.39 is 5.97 Å². The van der Waals surface area contributed by atoms with Crippen molar-refractivity contribution in [3.05, 3.63) is 89.2 Å². The first-order valence-corrected chi connectivity index (χ1v) is 10.2. The Labute approximate surface area is 175 Å². The predicted molar refractivity (Wildman–Crippen MR) is 119 cm³/mol. The number of nitrogens with zero attached hydrogens (tertiary/aromatic N) is 2. The van der Waals surface area contributed by atoms with Crippen molar-refractivity contribution in [2.75, 3.05) is 5.32 Å². The van der Waals surface area contributed by atoms with Gasteiger partial charge in [0.15, 0.2) is 0 Å². The van der Waals surface area contributed by atoms with Crippen LogP contribution in [-0.4, -0.2) is 20.6 Å². The largest absolute Gasteiger partial charge is 0.478 e. The summed E-state index contributed by atoms with van der Waals surface area (Å²) in [5, 5.41) is 13.9. The number of aromatic carboxylic acids is 1. The Morgan fingerprint density at radius 1 is 1.13 bits per heavy atom. The van der Waals surface area contributed by atoms with Crippen LogP contribution in [0, 0.1) is 6.92 Å². The highest BCUT2D eigenvalue weighted by Crippen LogP contribution is 2.40. The molecule has 0 bridgehead atoms. The van der Waals surface area contributed by atoms with E-state index in [2.05, 4.69) is 64.4 Å². The maximum absolute atomic E-state index is 11.7. The van der Waals surface area contributed by atoms with Crippen LogP contribution >= 0.6 is 0 Å². The number of nitrogens with one attached hydrogen (secondary N) is 1. The van der Waals surface area contributed by atoms with Crippen molar-refractivity contribution in [3.8, 4) is 0 Å². The molecule has 30 heavy (non-hydrogen) atoms. The highest BCUT2D eigenvalue weighted by molar-refractivity contribution is 5.94. The van der Waals surface area contributed by atoms with Crippen molar-refractivity contribution in [3.63, 3.8) is 0 Å². The number of rotatable bonds is 6. The van der Waals surface area contributed by atoms with Gasteiger partial charge in [-0.1, -0.05) is 29.8 Å². The molecule has 0 amide bonds. The van der Waals surface area contributed by atoms with Gasteiger partial charge in [0.2, 0.25) is 0 Å². The molecule has 2 aromatic carbocycles. The van der Waals surface area contributed by atoms with E-state index in [9.17, 15) is 9.90 Å². The van der Waals surface area contributed by atoms with E-state index in [0.717, 1.165) is 41.5 Å². The summed E-state index contributed by atoms with van der Waals surface area (Å²) in [6, 6.07) is 18.5. The molecule has 0 aliphatic heterocycles. The first-order chi connectivity index (χ1) is 14.6. The third-order valence-corrected chi connectivity index (χ3v) is 5.70. The van der Waals surface area contributed by atoms with Gasteiger partial charge in [-0.2, -0.15) is 0 Å². The summed E-state index contributed by atoms with van der Waals surface area (Å²) >= 11 is 0. The summed E-state index contributed by atoms with van der Waals surface area (Å²) in [5.41, 5.74) is 5.71. The second-order valence-corrected chi connectivity index (χ2v) is 8.07. The fraction of sp³-hybridized carbons (Fsp3) is 0.200. The van der Waals surface area contributed by atoms with Gasteiger partial charge in [0.25, 0.3) is 0 Å². The van der Waals surface area contributed by atoms with Gasteiger partial charge in [-0.25, -0.2) is 9.78 Å². The molecular formula is C25H23N3O2. The Hall–Kier alpha value is -3.60. The van der Waals surface area contributed by atoms with Crippen LogP contribution in [0.3, 0.4) is 0 Å². The molecule has 5 nitrogen and oxygen atoms in total. The molecule has 0 radical (unpaired) electrons. The normalized spacial score (nSPS) is 13.5. The highest BCUT2D eigenvalue weighted by atomic mass is 16.4. The summed E-state index contributed by atoms with van der Waals surface area (Å²) < 4.78 is 2.22. The number of pyridine rings is 1. The van der Waals surface area contributed by atoms with Crippen LogP contribution in [0.15, 0.2) is 67.0 Å². The lowest BCUT2D eigenvalue weighted by Crippen LogP contribution is -2.06. The van der Waals surface area contributed by atoms with Crippen LogP contribution in [0.25, 0.3) is 10.9 Å². The summed E-state index contributed by atoms with van der Waals surface area (Å²) in [6.45, 7) is 2.90. The second-order valence-electron chi connectivity index (χ2n) is 8.07. The molecule has 2 heterocycles. The first-order valence-electron chi connectivity index (χ1n) is 10.2. The lowest BCUT2D eigenvalue weighted by molar-refractivity contribution is 0.0697. The number of fused-ring (bicyclic) bond motifs is 1. The summed E-state index contributed by atoms with van der Waals surface area (Å²) in [7, 11) is 0. The molecule has 4 aromatic rings. The van der Waals surface area contributed by atoms with Gasteiger partial charge in [0.05, 0.1) is 0 Å². The van der Waals surface area contributed by atoms with Gasteiger partial charge in [0, 0.05) is 35.5 Å². The molecule has 150 valence electrons. The lowest BCUT2D eigenvalue weighted by atomic mass is 10.1. The van der Waals surface area contributed by atoms with E-state index in [-0.39, 0.29) is 5.56 Å². The Balaban J connectivity index is 1.41. The van der Waals surface area contributed by atoms with Crippen molar-refractivity contribution >= 4 is 28.4 Å². The minimum atomic E-state index is -0.960. The number of hydrogen-bond donors (Lipinski definition) is 2. The average molecular weight is 397 g/mol. The number of anilines is 2. The van der Waals surface area contributed by atoms with E-state index in [0.29, 0.717) is 11.7 Å². The number of benzene rings is 2. The van der Waals surface area contributed by atoms with E-state index in [1.54, 1.807) is 12.3 Å². The highest BCUT2D eigenvalue weighted by Gasteiger charge is 2.26. The average Bonchev–Trinajstić information content (AvgIpc) is 3.52. The van der Waals surface area contributed by atoms with Crippen molar-refractivity contribution in [2.45, 2.75) is 32.2 Å². The number of aromatic nitrogens is 2. The van der Waals surface area contributed by atoms with E-state index in [1.165, 1.54) is 11.1 Å². The summed E-state index contributed by atoms with van der Waals surface area (Å²) in [6.07, 6.45) is 6.11. The summed E-state index contributed by atoms with van der Waals surface area (Å²) in [5.74, 6) is -0.113. The van der Waals surface area contributed by atoms with Gasteiger partial charge < -0.3 is 15.0 Å². The van der Waals surface area contributed by atoms with E-state index >= 15 is 0 Å². The topological polar surface area (TPSA) is 67.2 Å². The van der Waals surface area contributed by atoms with Crippen molar-refractivity contribution in [1.29, 1.82) is 0 Å². The zero-order valence-corrected chi connectivity index (χ0v) is 16.8. The number of hydrogen-bond acceptors (Lipinski definition) is 3. The van der Waals surface area contributed by atoms with Gasteiger partial charge >= 0.3 is 5.97 Å². The number of carboxylic acid groups (broad SMARTS) is 1. The zero-order valence-electron chi connectivity index (χ0n) is 16.8. The number of carbonyl (C=O) groups is 1. The summed E-state index contributed by atoms with van der Waals surface area (Å²) in [4.78, 5) is 16.1. The van der Waals surface area contributed by atoms with Crippen LogP contribution in [0.2, 0.25) is 0 Å². The minimum Gasteiger partial charge on any atom is -0.478 e. The fourth-order valence-corrected chi connectivity index (χ4v) is 3.83. The molecule has 1 fully saturated rings. The molecule has 1 saturated carbocycles. The van der Waals surface area contributed by atoms with Crippen LogP contribution in [0.4, 0.5) is 11.5 Å². The zero-order chi connectivity index (χ0) is 20.7. The molecule has 0 atom stereocenters. The van der Waals surface area contributed by atoms with Crippen LogP contribution in [0.1, 0.15) is 45.8 Å². The number of aryl methyl sites for hydroxylation is 1. The standard InChI is InChI=1S/C25H23N3O2/c1-16-2-4-17(5-3-16)15-28-11-10-19-12-21(8-9-23(19)28)27-24-22(25(29)30)13-20(14-26-24)18-6-7-18/h2-5,8-14,18H,6-7,15H2,1H3,(H,26,27)(H,29,30). The molecule has 0 spiro atoms. The Morgan fingerprint density at radius 2 is 1.93 bits per heavy atom. The molecular weight excluding hydrogens is 374 g/mol. The van der Waals surface area contributed by atoms with Crippen LogP contribution < -0.4 is 5.32 Å². The van der Waals surface area contributed by atoms with Crippen molar-refractivity contribution in [1.82, 2.24) is 9.55 Å². The maximum Gasteiger partial charge on any atom is 0.339 e. The lowest BCUT2D eigenvalue weighted by Gasteiger charge is -2.11. The molecule has 2 aromatic heterocycles. The smallest absolute Gasteiger partial charge is 0.339 e. The Morgan fingerprint density at radius 3 is 2.67 bits per heavy atom. The first kappa shape index (κ1) is 18.4. The van der Waals surface area contributed by atoms with Crippen molar-refractivity contribution in [2.24, 2.45) is 0 Å². The molecule has 1 aliphatic carbocycles. The predicted octanol–water partition coefficient (Wildman–Crippen LogP) is 5.71. The molecule has 0 unspecified atom stereocenters. The molecule has 2 N–H and O–H groups in total. The Kier molecular flexibility index (Phi) is 4.51. The fourth-order valence-electron chi connectivity index (χ4n) is 3.83. The third-order valence-electron chi connectivity index (χ3n) is 5.70. The van der Waals surface area contributed by atoms with Gasteiger partial charge in [-0.15, -0.1) is 0 Å². The molecule has 5 rings (SSSR count). The van der Waals surface area contributed by atoms with Gasteiger partial charge in [-0.05, 0) is 67.1 Å². The molecule has 0 saturated heterocycles. The number of carboxylic acids is 1. The van der Waals surface area contributed by atoms with Crippen LogP contribution in [0.5, 0.6) is 0 Å². The Bertz CT molecular complexity index is 1240. The van der Waals surface area contributed by atoms with Crippen LogP contribution in [-0.2, 0) is 6.54 Å². The molecule has 5 heteroatoms. The van der Waals surface area contributed by atoms with E-state index in [4.69, 9.17) is 0 Å². The van der Waals surface area contributed by atoms with Gasteiger partial charge in [-0.3, -0.25) is 0 Å². The van der Waals surface area contributed by atoms with E-state index in [1.807, 2.05) is 12.1 Å². The minimum absolute atomic E-state index is 0.219. The maximum atomic E-state index is 11.7. The SMILES string of the molecule is Cc1ccc(Cn2ccc3cc(Nc4ncc(C5CC5)cc4C(=O)O)ccc32)cc1. The quantitative estimate of drug-likeness (QED) is 0.437.